The highest BCUT2D eigenvalue weighted by molar-refractivity contribution is 7.98. The quantitative estimate of drug-likeness (QED) is 0.313. The summed E-state index contributed by atoms with van der Waals surface area (Å²) >= 11 is 13.3. The van der Waals surface area contributed by atoms with Crippen LogP contribution in [0.1, 0.15) is 12.8 Å². The summed E-state index contributed by atoms with van der Waals surface area (Å²) in [4.78, 5) is 23.4. The van der Waals surface area contributed by atoms with Crippen molar-refractivity contribution in [2.45, 2.75) is 17.9 Å². The number of ether oxygens (including phenoxy) is 2. The molecular weight excluding hydrogens is 497 g/mol. The number of piperidine rings is 1. The van der Waals surface area contributed by atoms with Crippen LogP contribution in [-0.2, 0) is 0 Å². The number of hydrogen-bond acceptors (Lipinski definition) is 7. The first-order valence-electron chi connectivity index (χ1n) is 10.8. The largest absolute Gasteiger partial charge is 0.493 e. The zero-order valence-electron chi connectivity index (χ0n) is 18.8. The van der Waals surface area contributed by atoms with Crippen molar-refractivity contribution in [3.63, 3.8) is 0 Å². The van der Waals surface area contributed by atoms with Gasteiger partial charge in [0, 0.05) is 23.4 Å². The van der Waals surface area contributed by atoms with Gasteiger partial charge in [-0.15, -0.1) is 0 Å². The number of carbonyl (C=O) groups is 1. The standard InChI is InChI=1S/C23H25Cl2N5O3S/c1-30-8-6-14(7-9-30)12-33-20-11-18-15(10-19(20)32-2)22(27-13-26-18)34-29-23(31)28-21-16(24)4-3-5-17(21)25/h3-5,10-11,13-14H,6-9,12H2,1-2H3,(H2,28,29,31). The van der Waals surface area contributed by atoms with Crippen LogP contribution in [0.4, 0.5) is 10.5 Å². The minimum atomic E-state index is -0.489. The molecule has 180 valence electrons. The average Bonchev–Trinajstić information content (AvgIpc) is 2.84. The maximum Gasteiger partial charge on any atom is 0.329 e. The maximum absolute atomic E-state index is 12.4. The number of hydrogen-bond donors (Lipinski definition) is 2. The van der Waals surface area contributed by atoms with Crippen LogP contribution in [0.25, 0.3) is 10.9 Å². The van der Waals surface area contributed by atoms with E-state index in [0.29, 0.717) is 50.3 Å². The van der Waals surface area contributed by atoms with E-state index in [-0.39, 0.29) is 0 Å². The first-order chi connectivity index (χ1) is 16.4. The van der Waals surface area contributed by atoms with Crippen molar-refractivity contribution >= 4 is 57.8 Å². The van der Waals surface area contributed by atoms with Crippen LogP contribution in [0.2, 0.25) is 10.0 Å². The predicted octanol–water partition coefficient (Wildman–Crippen LogP) is 5.49. The number of likely N-dealkylation sites (tertiary alicyclic amines) is 1. The second-order valence-corrected chi connectivity index (χ2v) is 9.62. The van der Waals surface area contributed by atoms with Gasteiger partial charge in [-0.2, -0.15) is 0 Å². The van der Waals surface area contributed by atoms with Crippen LogP contribution in [-0.4, -0.2) is 54.8 Å². The first-order valence-corrected chi connectivity index (χ1v) is 12.3. The smallest absolute Gasteiger partial charge is 0.329 e. The number of amides is 2. The molecule has 8 nitrogen and oxygen atoms in total. The highest BCUT2D eigenvalue weighted by atomic mass is 35.5. The van der Waals surface area contributed by atoms with Crippen molar-refractivity contribution < 1.29 is 14.3 Å². The summed E-state index contributed by atoms with van der Waals surface area (Å²) in [6.45, 7) is 2.80. The van der Waals surface area contributed by atoms with Gasteiger partial charge in [-0.25, -0.2) is 14.8 Å². The topological polar surface area (TPSA) is 88.6 Å². The van der Waals surface area contributed by atoms with Gasteiger partial charge in [-0.05, 0) is 57.1 Å². The molecule has 1 saturated heterocycles. The Kier molecular flexibility index (Phi) is 8.20. The van der Waals surface area contributed by atoms with Crippen LogP contribution in [0.3, 0.4) is 0 Å². The molecule has 1 aromatic heterocycles. The summed E-state index contributed by atoms with van der Waals surface area (Å²) in [6.07, 6.45) is 3.67. The summed E-state index contributed by atoms with van der Waals surface area (Å²) in [5.41, 5.74) is 1.03. The van der Waals surface area contributed by atoms with E-state index in [1.54, 1.807) is 25.3 Å². The van der Waals surface area contributed by atoms with Gasteiger partial charge in [-0.1, -0.05) is 29.3 Å². The molecule has 0 saturated carbocycles. The molecule has 2 aromatic carbocycles. The number of urea groups is 1. The maximum atomic E-state index is 12.4. The number of halogens is 2. The molecule has 0 unspecified atom stereocenters. The lowest BCUT2D eigenvalue weighted by molar-refractivity contribution is 0.157. The zero-order valence-corrected chi connectivity index (χ0v) is 21.1. The Labute approximate surface area is 212 Å². The van der Waals surface area contributed by atoms with E-state index in [1.807, 2.05) is 12.1 Å². The van der Waals surface area contributed by atoms with Gasteiger partial charge in [0.25, 0.3) is 0 Å². The number of aromatic nitrogens is 2. The van der Waals surface area contributed by atoms with Crippen LogP contribution in [0.5, 0.6) is 11.5 Å². The van der Waals surface area contributed by atoms with Gasteiger partial charge in [0.1, 0.15) is 11.4 Å². The van der Waals surface area contributed by atoms with Gasteiger partial charge in [-0.3, -0.25) is 4.72 Å². The minimum Gasteiger partial charge on any atom is -0.493 e. The fourth-order valence-electron chi connectivity index (χ4n) is 3.68. The predicted molar refractivity (Wildman–Crippen MR) is 136 cm³/mol. The third-order valence-electron chi connectivity index (χ3n) is 5.64. The summed E-state index contributed by atoms with van der Waals surface area (Å²) in [7, 11) is 3.74. The van der Waals surface area contributed by atoms with Crippen molar-refractivity contribution in [2.24, 2.45) is 5.92 Å². The second-order valence-electron chi connectivity index (χ2n) is 8.01. The first kappa shape index (κ1) is 24.7. The Bertz CT molecular complexity index is 1150. The molecule has 1 aliphatic heterocycles. The Hall–Kier alpha value is -2.46. The number of para-hydroxylation sites is 1. The Morgan fingerprint density at radius 2 is 1.91 bits per heavy atom. The molecule has 0 radical (unpaired) electrons. The lowest BCUT2D eigenvalue weighted by atomic mass is 9.98. The van der Waals surface area contributed by atoms with Crippen molar-refractivity contribution in [2.75, 3.05) is 39.2 Å². The van der Waals surface area contributed by atoms with Crippen LogP contribution in [0, 0.1) is 5.92 Å². The number of rotatable bonds is 7. The molecule has 1 aliphatic rings. The normalized spacial score (nSPS) is 14.7. The molecule has 4 rings (SSSR count). The summed E-state index contributed by atoms with van der Waals surface area (Å²) < 4.78 is 14.4. The average molecular weight is 522 g/mol. The molecule has 0 bridgehead atoms. The van der Waals surface area contributed by atoms with Crippen molar-refractivity contribution in [3.8, 4) is 11.5 Å². The van der Waals surface area contributed by atoms with Gasteiger partial charge >= 0.3 is 6.03 Å². The lowest BCUT2D eigenvalue weighted by Crippen LogP contribution is -2.32. The number of fused-ring (bicyclic) bond motifs is 1. The lowest BCUT2D eigenvalue weighted by Gasteiger charge is -2.28. The van der Waals surface area contributed by atoms with Gasteiger partial charge in [0.2, 0.25) is 0 Å². The highest BCUT2D eigenvalue weighted by Crippen LogP contribution is 2.35. The van der Waals surface area contributed by atoms with E-state index in [4.69, 9.17) is 32.7 Å². The fraction of sp³-hybridized carbons (Fsp3) is 0.348. The number of methoxy groups -OCH3 is 1. The van der Waals surface area contributed by atoms with Crippen LogP contribution in [0.15, 0.2) is 41.7 Å². The molecular formula is C23H25Cl2N5O3S. The summed E-state index contributed by atoms with van der Waals surface area (Å²) in [5.74, 6) is 1.74. The van der Waals surface area contributed by atoms with Gasteiger partial charge < -0.3 is 19.7 Å². The molecule has 34 heavy (non-hydrogen) atoms. The Balaban J connectivity index is 1.45. The molecule has 11 heteroatoms. The SMILES string of the molecule is COc1cc2c(SNC(=O)Nc3c(Cl)cccc3Cl)ncnc2cc1OCC1CCN(C)CC1. The summed E-state index contributed by atoms with van der Waals surface area (Å²) in [6, 6.07) is 8.18. The Morgan fingerprint density at radius 1 is 1.18 bits per heavy atom. The highest BCUT2D eigenvalue weighted by Gasteiger charge is 2.19. The molecule has 0 atom stereocenters. The number of nitrogens with one attached hydrogen (secondary N) is 2. The van der Waals surface area contributed by atoms with Crippen molar-refractivity contribution in [3.05, 3.63) is 46.7 Å². The molecule has 2 amide bonds. The van der Waals surface area contributed by atoms with Crippen molar-refractivity contribution in [1.29, 1.82) is 0 Å². The number of carbonyl (C=O) groups excluding carboxylic acids is 1. The van der Waals surface area contributed by atoms with E-state index < -0.39 is 6.03 Å². The number of benzene rings is 2. The molecule has 2 heterocycles. The number of anilines is 1. The minimum absolute atomic E-state index is 0.338. The van der Waals surface area contributed by atoms with Crippen molar-refractivity contribution in [1.82, 2.24) is 19.6 Å². The monoisotopic (exact) mass is 521 g/mol. The van der Waals surface area contributed by atoms with Gasteiger partial charge in [0.15, 0.2) is 11.5 Å². The Morgan fingerprint density at radius 3 is 2.62 bits per heavy atom. The third-order valence-corrected chi connectivity index (χ3v) is 7.07. The van der Waals surface area contributed by atoms with Crippen LogP contribution >= 0.6 is 35.1 Å². The summed E-state index contributed by atoms with van der Waals surface area (Å²) in [5, 5.41) is 4.63. The molecule has 1 fully saturated rings. The second kappa shape index (κ2) is 11.3. The van der Waals surface area contributed by atoms with Gasteiger partial charge in [0.05, 0.1) is 35.0 Å². The van der Waals surface area contributed by atoms with Crippen LogP contribution < -0.4 is 19.5 Å². The third kappa shape index (κ3) is 5.96. The van der Waals surface area contributed by atoms with E-state index in [0.717, 1.165) is 43.3 Å². The molecule has 0 aliphatic carbocycles. The number of nitrogens with zero attached hydrogens (tertiary/aromatic N) is 3. The fourth-order valence-corrected chi connectivity index (χ4v) is 4.79. The zero-order chi connectivity index (χ0) is 24.1. The van der Waals surface area contributed by atoms with E-state index in [2.05, 4.69) is 32.0 Å². The van der Waals surface area contributed by atoms with E-state index in [9.17, 15) is 4.79 Å². The van der Waals surface area contributed by atoms with E-state index >= 15 is 0 Å². The molecule has 2 N–H and O–H groups in total. The molecule has 3 aromatic rings. The molecule has 0 spiro atoms. The van der Waals surface area contributed by atoms with E-state index in [1.165, 1.54) is 6.33 Å².